The molecular formula is C19H15N3O5. The first-order valence-corrected chi connectivity index (χ1v) is 7.89. The first-order valence-electron chi connectivity index (χ1n) is 7.89. The number of nitrogens with one attached hydrogen (secondary N) is 1. The van der Waals surface area contributed by atoms with Crippen molar-refractivity contribution < 1.29 is 18.9 Å². The first kappa shape index (κ1) is 17.9. The highest BCUT2D eigenvalue weighted by molar-refractivity contribution is 5.94. The fourth-order valence-electron chi connectivity index (χ4n) is 2.37. The molecule has 0 aliphatic carbocycles. The van der Waals surface area contributed by atoms with Crippen molar-refractivity contribution in [3.05, 3.63) is 82.1 Å². The van der Waals surface area contributed by atoms with Crippen LogP contribution in [0, 0.1) is 10.1 Å². The third-order valence-electron chi connectivity index (χ3n) is 3.68. The van der Waals surface area contributed by atoms with E-state index in [-0.39, 0.29) is 11.6 Å². The summed E-state index contributed by atoms with van der Waals surface area (Å²) in [7, 11) is 1.42. The van der Waals surface area contributed by atoms with Gasteiger partial charge in [-0.05, 0) is 30.3 Å². The molecule has 0 unspecified atom stereocenters. The molecule has 0 saturated heterocycles. The van der Waals surface area contributed by atoms with Crippen LogP contribution in [0.5, 0.6) is 5.75 Å². The maximum absolute atomic E-state index is 11.9. The number of hydrogen-bond donors (Lipinski definition) is 1. The van der Waals surface area contributed by atoms with Gasteiger partial charge in [0.1, 0.15) is 17.3 Å². The lowest BCUT2D eigenvalue weighted by atomic mass is 10.1. The smallest absolute Gasteiger partial charge is 0.273 e. The van der Waals surface area contributed by atoms with Crippen molar-refractivity contribution in [1.82, 2.24) is 5.43 Å². The number of hydrogen-bond acceptors (Lipinski definition) is 6. The standard InChI is InChI=1S/C19H15N3O5/c1-26-18-11-14(22(24)25)7-9-16(18)17-10-8-15(27-17)12-20-21-19(23)13-5-3-2-4-6-13/h2-12H,1H3,(H,21,23)/b20-12-. The average Bonchev–Trinajstić information content (AvgIpc) is 3.16. The van der Waals surface area contributed by atoms with Gasteiger partial charge in [0.05, 0.1) is 29.9 Å². The fraction of sp³-hybridized carbons (Fsp3) is 0.0526. The van der Waals surface area contributed by atoms with Crippen LogP contribution >= 0.6 is 0 Å². The van der Waals surface area contributed by atoms with Gasteiger partial charge >= 0.3 is 0 Å². The predicted octanol–water partition coefficient (Wildman–Crippen LogP) is 3.63. The monoisotopic (exact) mass is 365 g/mol. The summed E-state index contributed by atoms with van der Waals surface area (Å²) in [4.78, 5) is 22.3. The molecule has 0 saturated carbocycles. The Kier molecular flexibility index (Phi) is 5.27. The zero-order chi connectivity index (χ0) is 19.2. The molecule has 27 heavy (non-hydrogen) atoms. The number of nitrogens with zero attached hydrogens (tertiary/aromatic N) is 2. The lowest BCUT2D eigenvalue weighted by Crippen LogP contribution is -2.17. The van der Waals surface area contributed by atoms with Gasteiger partial charge in [-0.2, -0.15) is 5.10 Å². The number of nitro benzene ring substituents is 1. The van der Waals surface area contributed by atoms with E-state index in [9.17, 15) is 14.9 Å². The van der Waals surface area contributed by atoms with Gasteiger partial charge in [-0.15, -0.1) is 0 Å². The highest BCUT2D eigenvalue weighted by Gasteiger charge is 2.15. The largest absolute Gasteiger partial charge is 0.496 e. The van der Waals surface area contributed by atoms with Gasteiger partial charge < -0.3 is 9.15 Å². The third-order valence-corrected chi connectivity index (χ3v) is 3.68. The van der Waals surface area contributed by atoms with Crippen molar-refractivity contribution in [2.24, 2.45) is 5.10 Å². The second kappa shape index (κ2) is 7.96. The molecule has 0 fully saturated rings. The molecule has 1 N–H and O–H groups in total. The molecule has 1 heterocycles. The SMILES string of the molecule is COc1cc([N+](=O)[O-])ccc1-c1ccc(/C=N\NC(=O)c2ccccc2)o1. The van der Waals surface area contributed by atoms with E-state index in [1.807, 2.05) is 6.07 Å². The Morgan fingerprint density at radius 2 is 1.96 bits per heavy atom. The summed E-state index contributed by atoms with van der Waals surface area (Å²) in [6.07, 6.45) is 1.36. The molecule has 0 aliphatic rings. The molecule has 136 valence electrons. The zero-order valence-corrected chi connectivity index (χ0v) is 14.3. The summed E-state index contributed by atoms with van der Waals surface area (Å²) < 4.78 is 10.9. The van der Waals surface area contributed by atoms with E-state index < -0.39 is 4.92 Å². The zero-order valence-electron chi connectivity index (χ0n) is 14.3. The minimum absolute atomic E-state index is 0.0763. The number of carbonyl (C=O) groups excluding carboxylic acids is 1. The van der Waals surface area contributed by atoms with Gasteiger partial charge in [0.15, 0.2) is 0 Å². The summed E-state index contributed by atoms with van der Waals surface area (Å²) in [5.74, 6) is 0.839. The van der Waals surface area contributed by atoms with E-state index in [0.717, 1.165) is 0 Å². The van der Waals surface area contributed by atoms with Crippen LogP contribution in [0.3, 0.4) is 0 Å². The summed E-state index contributed by atoms with van der Waals surface area (Å²) in [6, 6.07) is 16.3. The number of hydrazone groups is 1. The van der Waals surface area contributed by atoms with Crippen LogP contribution in [0.15, 0.2) is 70.2 Å². The van der Waals surface area contributed by atoms with Gasteiger partial charge in [-0.3, -0.25) is 14.9 Å². The Labute approximate surface area is 154 Å². The number of methoxy groups -OCH3 is 1. The van der Waals surface area contributed by atoms with Crippen molar-refractivity contribution in [3.8, 4) is 17.1 Å². The number of benzene rings is 2. The fourth-order valence-corrected chi connectivity index (χ4v) is 2.37. The van der Waals surface area contributed by atoms with Crippen LogP contribution in [0.2, 0.25) is 0 Å². The van der Waals surface area contributed by atoms with Crippen molar-refractivity contribution in [2.75, 3.05) is 7.11 Å². The molecule has 3 rings (SSSR count). The molecule has 8 nitrogen and oxygen atoms in total. The summed E-state index contributed by atoms with van der Waals surface area (Å²) in [5.41, 5.74) is 3.39. The minimum atomic E-state index is -0.498. The van der Waals surface area contributed by atoms with E-state index in [0.29, 0.717) is 28.4 Å². The topological polar surface area (TPSA) is 107 Å². The second-order valence-corrected chi connectivity index (χ2v) is 5.41. The van der Waals surface area contributed by atoms with Crippen LogP contribution < -0.4 is 10.2 Å². The van der Waals surface area contributed by atoms with Crippen molar-refractivity contribution in [3.63, 3.8) is 0 Å². The molecule has 3 aromatic rings. The van der Waals surface area contributed by atoms with E-state index in [1.165, 1.54) is 25.5 Å². The number of ether oxygens (including phenoxy) is 1. The molecule has 1 amide bonds. The van der Waals surface area contributed by atoms with Gasteiger partial charge in [-0.1, -0.05) is 18.2 Å². The highest BCUT2D eigenvalue weighted by atomic mass is 16.6. The molecule has 0 atom stereocenters. The predicted molar refractivity (Wildman–Crippen MR) is 98.9 cm³/mol. The maximum Gasteiger partial charge on any atom is 0.273 e. The van der Waals surface area contributed by atoms with Crippen molar-refractivity contribution >= 4 is 17.8 Å². The van der Waals surface area contributed by atoms with Crippen LogP contribution in [-0.2, 0) is 0 Å². The molecular weight excluding hydrogens is 350 g/mol. The lowest BCUT2D eigenvalue weighted by Gasteiger charge is -2.05. The Morgan fingerprint density at radius 1 is 1.19 bits per heavy atom. The Morgan fingerprint density at radius 3 is 2.67 bits per heavy atom. The number of amides is 1. The van der Waals surface area contributed by atoms with Gasteiger partial charge in [-0.25, -0.2) is 5.43 Å². The lowest BCUT2D eigenvalue weighted by molar-refractivity contribution is -0.384. The normalized spacial score (nSPS) is 10.7. The van der Waals surface area contributed by atoms with E-state index in [4.69, 9.17) is 9.15 Å². The van der Waals surface area contributed by atoms with Crippen molar-refractivity contribution in [2.45, 2.75) is 0 Å². The first-order chi connectivity index (χ1) is 13.1. The quantitative estimate of drug-likeness (QED) is 0.408. The summed E-state index contributed by atoms with van der Waals surface area (Å²) in [6.45, 7) is 0. The number of carbonyl (C=O) groups is 1. The summed E-state index contributed by atoms with van der Waals surface area (Å²) in [5, 5.41) is 14.7. The van der Waals surface area contributed by atoms with E-state index in [1.54, 1.807) is 42.5 Å². The minimum Gasteiger partial charge on any atom is -0.496 e. The molecule has 0 aliphatic heterocycles. The maximum atomic E-state index is 11.9. The average molecular weight is 365 g/mol. The number of rotatable bonds is 6. The van der Waals surface area contributed by atoms with Crippen molar-refractivity contribution in [1.29, 1.82) is 0 Å². The Bertz CT molecular complexity index is 996. The highest BCUT2D eigenvalue weighted by Crippen LogP contribution is 2.33. The van der Waals surface area contributed by atoms with E-state index in [2.05, 4.69) is 10.5 Å². The van der Waals surface area contributed by atoms with Gasteiger partial charge in [0.25, 0.3) is 11.6 Å². The molecule has 0 bridgehead atoms. The second-order valence-electron chi connectivity index (χ2n) is 5.41. The van der Waals surface area contributed by atoms with Crippen LogP contribution in [0.25, 0.3) is 11.3 Å². The molecule has 8 heteroatoms. The third kappa shape index (κ3) is 4.18. The Balaban J connectivity index is 1.73. The Hall–Kier alpha value is -3.94. The summed E-state index contributed by atoms with van der Waals surface area (Å²) >= 11 is 0. The van der Waals surface area contributed by atoms with E-state index >= 15 is 0 Å². The molecule has 0 spiro atoms. The van der Waals surface area contributed by atoms with Crippen LogP contribution in [0.1, 0.15) is 16.1 Å². The molecule has 1 aromatic heterocycles. The molecule has 2 aromatic carbocycles. The van der Waals surface area contributed by atoms with Gasteiger partial charge in [0.2, 0.25) is 0 Å². The van der Waals surface area contributed by atoms with Gasteiger partial charge in [0, 0.05) is 11.6 Å². The number of nitro groups is 1. The molecule has 0 radical (unpaired) electrons. The number of furan rings is 1. The van der Waals surface area contributed by atoms with Crippen LogP contribution in [-0.4, -0.2) is 24.2 Å². The number of non-ortho nitro benzene ring substituents is 1. The van der Waals surface area contributed by atoms with Crippen LogP contribution in [0.4, 0.5) is 5.69 Å².